The largest absolute Gasteiger partial charge is 0.374 e. The zero-order valence-corrected chi connectivity index (χ0v) is 11.7. The van der Waals surface area contributed by atoms with E-state index in [4.69, 9.17) is 5.73 Å². The molecule has 0 aliphatic carbocycles. The van der Waals surface area contributed by atoms with Crippen molar-refractivity contribution in [3.8, 4) is 0 Å². The van der Waals surface area contributed by atoms with Gasteiger partial charge in [-0.1, -0.05) is 25.8 Å². The molecule has 2 N–H and O–H groups in total. The maximum Gasteiger partial charge on any atom is 0.128 e. The van der Waals surface area contributed by atoms with E-state index < -0.39 is 0 Å². The summed E-state index contributed by atoms with van der Waals surface area (Å²) < 4.78 is 13.9. The van der Waals surface area contributed by atoms with Gasteiger partial charge >= 0.3 is 0 Å². The molecule has 0 fully saturated rings. The lowest BCUT2D eigenvalue weighted by Crippen LogP contribution is -2.24. The van der Waals surface area contributed by atoms with Gasteiger partial charge in [0.05, 0.1) is 0 Å². The quantitative estimate of drug-likeness (QED) is 0.754. The lowest BCUT2D eigenvalue weighted by Gasteiger charge is -2.23. The maximum absolute atomic E-state index is 13.9. The third kappa shape index (κ3) is 4.30. The van der Waals surface area contributed by atoms with Gasteiger partial charge in [0, 0.05) is 30.9 Å². The number of rotatable bonds is 7. The first kappa shape index (κ1) is 15.0. The molecule has 0 aromatic heterocycles. The predicted octanol–water partition coefficient (Wildman–Crippen LogP) is 3.34. The number of anilines is 1. The number of hydrogen-bond donors (Lipinski definition) is 1. The topological polar surface area (TPSA) is 29.3 Å². The second-order valence-corrected chi connectivity index (χ2v) is 5.05. The summed E-state index contributed by atoms with van der Waals surface area (Å²) in [4.78, 5) is 2.14. The summed E-state index contributed by atoms with van der Waals surface area (Å²) in [6.45, 7) is 5.06. The Morgan fingerprint density at radius 3 is 2.67 bits per heavy atom. The molecule has 18 heavy (non-hydrogen) atoms. The van der Waals surface area contributed by atoms with E-state index in [0.717, 1.165) is 24.2 Å². The second-order valence-electron chi connectivity index (χ2n) is 5.05. The summed E-state index contributed by atoms with van der Waals surface area (Å²) in [7, 11) is 2.02. The molecule has 2 nitrogen and oxygen atoms in total. The minimum absolute atomic E-state index is 0.0234. The highest BCUT2D eigenvalue weighted by molar-refractivity contribution is 5.54. The molecule has 1 atom stereocenters. The molecule has 0 aliphatic heterocycles. The number of unbranched alkanes of at least 4 members (excludes halogenated alkanes) is 2. The van der Waals surface area contributed by atoms with Crippen LogP contribution in [0.1, 0.15) is 38.7 Å². The Morgan fingerprint density at radius 2 is 2.06 bits per heavy atom. The van der Waals surface area contributed by atoms with Crippen molar-refractivity contribution < 1.29 is 4.39 Å². The number of nitrogens with zero attached hydrogens (tertiary/aromatic N) is 1. The first-order valence-corrected chi connectivity index (χ1v) is 6.80. The van der Waals surface area contributed by atoms with Gasteiger partial charge in [-0.3, -0.25) is 0 Å². The summed E-state index contributed by atoms with van der Waals surface area (Å²) >= 11 is 0. The smallest absolute Gasteiger partial charge is 0.128 e. The molecule has 1 aromatic rings. The van der Waals surface area contributed by atoms with Crippen molar-refractivity contribution in [2.45, 2.75) is 45.6 Å². The van der Waals surface area contributed by atoms with E-state index in [0.29, 0.717) is 6.42 Å². The lowest BCUT2D eigenvalue weighted by molar-refractivity contribution is 0.594. The van der Waals surface area contributed by atoms with Gasteiger partial charge in [0.2, 0.25) is 0 Å². The average Bonchev–Trinajstić information content (AvgIpc) is 2.31. The standard InChI is InChI=1S/C15H25FN2/c1-4-5-6-10-18(3)15-9-7-8-14(16)13(15)11-12(2)17/h7-9,12H,4-6,10-11,17H2,1-3H3. The molecule has 1 aromatic carbocycles. The molecule has 0 spiro atoms. The first-order valence-electron chi connectivity index (χ1n) is 6.80. The zero-order valence-electron chi connectivity index (χ0n) is 11.7. The van der Waals surface area contributed by atoms with E-state index >= 15 is 0 Å². The van der Waals surface area contributed by atoms with Gasteiger partial charge in [0.15, 0.2) is 0 Å². The highest BCUT2D eigenvalue weighted by atomic mass is 19.1. The van der Waals surface area contributed by atoms with Crippen LogP contribution in [0.3, 0.4) is 0 Å². The highest BCUT2D eigenvalue weighted by Crippen LogP contribution is 2.24. The van der Waals surface area contributed by atoms with Crippen molar-refractivity contribution in [1.82, 2.24) is 0 Å². The summed E-state index contributed by atoms with van der Waals surface area (Å²) in [6, 6.07) is 5.24. The molecule has 0 amide bonds. The Morgan fingerprint density at radius 1 is 1.33 bits per heavy atom. The van der Waals surface area contributed by atoms with Crippen molar-refractivity contribution in [2.24, 2.45) is 5.73 Å². The Bertz CT molecular complexity index is 364. The number of nitrogens with two attached hydrogens (primary N) is 1. The van der Waals surface area contributed by atoms with Crippen molar-refractivity contribution >= 4 is 5.69 Å². The SMILES string of the molecule is CCCCCN(C)c1cccc(F)c1CC(C)N. The molecule has 3 heteroatoms. The van der Waals surface area contributed by atoms with Crippen LogP contribution in [0.2, 0.25) is 0 Å². The Kier molecular flexibility index (Phi) is 6.13. The number of hydrogen-bond acceptors (Lipinski definition) is 2. The monoisotopic (exact) mass is 252 g/mol. The summed E-state index contributed by atoms with van der Waals surface area (Å²) in [5.74, 6) is -0.146. The minimum atomic E-state index is -0.146. The fourth-order valence-electron chi connectivity index (χ4n) is 2.15. The first-order chi connectivity index (χ1) is 8.56. The van der Waals surface area contributed by atoms with Crippen LogP contribution in [0.15, 0.2) is 18.2 Å². The molecule has 0 saturated heterocycles. The minimum Gasteiger partial charge on any atom is -0.374 e. The summed E-state index contributed by atoms with van der Waals surface area (Å²) in [5, 5.41) is 0. The van der Waals surface area contributed by atoms with Gasteiger partial charge in [-0.05, 0) is 31.9 Å². The molecule has 0 heterocycles. The van der Waals surface area contributed by atoms with Crippen molar-refractivity contribution in [1.29, 1.82) is 0 Å². The summed E-state index contributed by atoms with van der Waals surface area (Å²) in [5.41, 5.74) is 7.52. The normalized spacial score (nSPS) is 12.5. The van der Waals surface area contributed by atoms with Crippen molar-refractivity contribution in [3.05, 3.63) is 29.6 Å². The lowest BCUT2D eigenvalue weighted by atomic mass is 10.0. The van der Waals surface area contributed by atoms with Gasteiger partial charge in [0.1, 0.15) is 5.82 Å². The summed E-state index contributed by atoms with van der Waals surface area (Å²) in [6.07, 6.45) is 4.13. The van der Waals surface area contributed by atoms with Crippen LogP contribution >= 0.6 is 0 Å². The van der Waals surface area contributed by atoms with E-state index in [1.807, 2.05) is 20.0 Å². The molecule has 102 valence electrons. The predicted molar refractivity (Wildman–Crippen MR) is 76.5 cm³/mol. The molecule has 0 saturated carbocycles. The van der Waals surface area contributed by atoms with Crippen molar-refractivity contribution in [3.63, 3.8) is 0 Å². The zero-order chi connectivity index (χ0) is 13.5. The van der Waals surface area contributed by atoms with Crippen LogP contribution in [0.5, 0.6) is 0 Å². The Hall–Kier alpha value is -1.09. The second kappa shape index (κ2) is 7.37. The maximum atomic E-state index is 13.9. The van der Waals surface area contributed by atoms with Crippen LogP contribution in [0.4, 0.5) is 10.1 Å². The Labute approximate surface area is 110 Å². The fourth-order valence-corrected chi connectivity index (χ4v) is 2.15. The molecule has 0 radical (unpaired) electrons. The van der Waals surface area contributed by atoms with Crippen LogP contribution in [0.25, 0.3) is 0 Å². The van der Waals surface area contributed by atoms with Crippen LogP contribution < -0.4 is 10.6 Å². The van der Waals surface area contributed by atoms with E-state index in [-0.39, 0.29) is 11.9 Å². The molecule has 0 bridgehead atoms. The van der Waals surface area contributed by atoms with Gasteiger partial charge in [-0.25, -0.2) is 4.39 Å². The third-order valence-corrected chi connectivity index (χ3v) is 3.13. The average molecular weight is 252 g/mol. The molecule has 1 rings (SSSR count). The third-order valence-electron chi connectivity index (χ3n) is 3.13. The van der Waals surface area contributed by atoms with Gasteiger partial charge in [0.25, 0.3) is 0 Å². The highest BCUT2D eigenvalue weighted by Gasteiger charge is 2.13. The molecule has 1 unspecified atom stereocenters. The van der Waals surface area contributed by atoms with E-state index in [9.17, 15) is 4.39 Å². The van der Waals surface area contributed by atoms with Crippen LogP contribution in [-0.2, 0) is 6.42 Å². The van der Waals surface area contributed by atoms with E-state index in [1.165, 1.54) is 18.9 Å². The fraction of sp³-hybridized carbons (Fsp3) is 0.600. The van der Waals surface area contributed by atoms with E-state index in [2.05, 4.69) is 11.8 Å². The molecule has 0 aliphatic rings. The number of halogens is 1. The van der Waals surface area contributed by atoms with Gasteiger partial charge in [-0.15, -0.1) is 0 Å². The van der Waals surface area contributed by atoms with Crippen LogP contribution in [-0.4, -0.2) is 19.6 Å². The van der Waals surface area contributed by atoms with Crippen molar-refractivity contribution in [2.75, 3.05) is 18.5 Å². The molecular weight excluding hydrogens is 227 g/mol. The van der Waals surface area contributed by atoms with Gasteiger partial charge < -0.3 is 10.6 Å². The van der Waals surface area contributed by atoms with Gasteiger partial charge in [-0.2, -0.15) is 0 Å². The Balaban J connectivity index is 2.82. The number of benzene rings is 1. The van der Waals surface area contributed by atoms with Crippen LogP contribution in [0, 0.1) is 5.82 Å². The van der Waals surface area contributed by atoms with E-state index in [1.54, 1.807) is 6.07 Å². The molecular formula is C15H25FN2.